The van der Waals surface area contributed by atoms with Gasteiger partial charge in [-0.1, -0.05) is 11.6 Å². The molecular formula is C13H12BrClFNS. The Hall–Kier alpha value is -0.420. The summed E-state index contributed by atoms with van der Waals surface area (Å²) in [5, 5.41) is 3.67. The molecule has 0 aliphatic carbocycles. The number of aryl methyl sites for hydroxylation is 1. The SMILES string of the molecule is CNC(c1cc(C)c(Br)s1)c1cc(Cl)ccc1F. The highest BCUT2D eigenvalue weighted by molar-refractivity contribution is 9.11. The summed E-state index contributed by atoms with van der Waals surface area (Å²) in [5.41, 5.74) is 1.72. The fourth-order valence-corrected chi connectivity index (χ4v) is 3.69. The van der Waals surface area contributed by atoms with Crippen molar-refractivity contribution in [2.45, 2.75) is 13.0 Å². The number of rotatable bonds is 3. The van der Waals surface area contributed by atoms with Crippen molar-refractivity contribution in [2.75, 3.05) is 7.05 Å². The zero-order valence-electron chi connectivity index (χ0n) is 9.93. The molecule has 0 fully saturated rings. The molecule has 96 valence electrons. The van der Waals surface area contributed by atoms with E-state index in [1.165, 1.54) is 6.07 Å². The molecule has 0 aliphatic heterocycles. The van der Waals surface area contributed by atoms with Crippen molar-refractivity contribution in [3.8, 4) is 0 Å². The van der Waals surface area contributed by atoms with Crippen LogP contribution in [0.3, 0.4) is 0 Å². The van der Waals surface area contributed by atoms with Crippen molar-refractivity contribution in [3.63, 3.8) is 0 Å². The number of hydrogen-bond acceptors (Lipinski definition) is 2. The zero-order valence-corrected chi connectivity index (χ0v) is 13.1. The average molecular weight is 349 g/mol. The summed E-state index contributed by atoms with van der Waals surface area (Å²) in [6.07, 6.45) is 0. The van der Waals surface area contributed by atoms with Gasteiger partial charge in [-0.15, -0.1) is 11.3 Å². The summed E-state index contributed by atoms with van der Waals surface area (Å²) >= 11 is 11.0. The second kappa shape index (κ2) is 5.70. The van der Waals surface area contributed by atoms with E-state index in [2.05, 4.69) is 27.3 Å². The maximum atomic E-state index is 13.9. The van der Waals surface area contributed by atoms with Crippen LogP contribution in [0.25, 0.3) is 0 Å². The van der Waals surface area contributed by atoms with Crippen molar-refractivity contribution in [2.24, 2.45) is 0 Å². The van der Waals surface area contributed by atoms with E-state index in [0.29, 0.717) is 10.6 Å². The Morgan fingerprint density at radius 1 is 1.39 bits per heavy atom. The normalized spacial score (nSPS) is 12.7. The maximum Gasteiger partial charge on any atom is 0.128 e. The smallest absolute Gasteiger partial charge is 0.128 e. The van der Waals surface area contributed by atoms with Crippen LogP contribution in [0, 0.1) is 12.7 Å². The van der Waals surface area contributed by atoms with Gasteiger partial charge in [-0.2, -0.15) is 0 Å². The first kappa shape index (κ1) is 14.0. The highest BCUT2D eigenvalue weighted by atomic mass is 79.9. The fraction of sp³-hybridized carbons (Fsp3) is 0.231. The molecule has 0 aliphatic rings. The molecule has 1 aromatic carbocycles. The minimum atomic E-state index is -0.249. The molecule has 18 heavy (non-hydrogen) atoms. The average Bonchev–Trinajstić information content (AvgIpc) is 2.65. The number of nitrogens with one attached hydrogen (secondary N) is 1. The van der Waals surface area contributed by atoms with E-state index < -0.39 is 0 Å². The van der Waals surface area contributed by atoms with Gasteiger partial charge in [0.25, 0.3) is 0 Å². The number of benzene rings is 1. The van der Waals surface area contributed by atoms with Gasteiger partial charge in [0.05, 0.1) is 9.83 Å². The fourth-order valence-electron chi connectivity index (χ4n) is 1.81. The Morgan fingerprint density at radius 2 is 2.11 bits per heavy atom. The van der Waals surface area contributed by atoms with E-state index in [1.807, 2.05) is 14.0 Å². The van der Waals surface area contributed by atoms with Gasteiger partial charge >= 0.3 is 0 Å². The molecule has 2 rings (SSSR count). The van der Waals surface area contributed by atoms with E-state index in [-0.39, 0.29) is 11.9 Å². The number of halogens is 3. The number of hydrogen-bond donors (Lipinski definition) is 1. The largest absolute Gasteiger partial charge is 0.309 e. The molecule has 0 radical (unpaired) electrons. The molecule has 1 aromatic heterocycles. The van der Waals surface area contributed by atoms with Gasteiger partial charge in [0.2, 0.25) is 0 Å². The van der Waals surface area contributed by atoms with Gasteiger partial charge < -0.3 is 5.32 Å². The van der Waals surface area contributed by atoms with Crippen LogP contribution in [-0.4, -0.2) is 7.05 Å². The van der Waals surface area contributed by atoms with Gasteiger partial charge in [0, 0.05) is 15.5 Å². The summed E-state index contributed by atoms with van der Waals surface area (Å²) in [4.78, 5) is 1.06. The molecular weight excluding hydrogens is 337 g/mol. The first-order valence-electron chi connectivity index (χ1n) is 5.41. The molecule has 1 heterocycles. The highest BCUT2D eigenvalue weighted by Gasteiger charge is 2.19. The summed E-state index contributed by atoms with van der Waals surface area (Å²) in [6, 6.07) is 6.50. The third kappa shape index (κ3) is 2.77. The lowest BCUT2D eigenvalue weighted by molar-refractivity contribution is 0.579. The van der Waals surface area contributed by atoms with Crippen LogP contribution in [0.2, 0.25) is 5.02 Å². The van der Waals surface area contributed by atoms with Crippen molar-refractivity contribution in [3.05, 3.63) is 54.9 Å². The van der Waals surface area contributed by atoms with Crippen LogP contribution in [0.1, 0.15) is 22.0 Å². The molecule has 1 unspecified atom stereocenters. The second-order valence-electron chi connectivity index (χ2n) is 3.99. The minimum Gasteiger partial charge on any atom is -0.309 e. The predicted molar refractivity (Wildman–Crippen MR) is 79.1 cm³/mol. The first-order valence-corrected chi connectivity index (χ1v) is 7.39. The monoisotopic (exact) mass is 347 g/mol. The Balaban J connectivity index is 2.48. The van der Waals surface area contributed by atoms with E-state index in [4.69, 9.17) is 11.6 Å². The molecule has 1 atom stereocenters. The van der Waals surface area contributed by atoms with E-state index in [9.17, 15) is 4.39 Å². The highest BCUT2D eigenvalue weighted by Crippen LogP contribution is 2.35. The van der Waals surface area contributed by atoms with Crippen LogP contribution in [0.4, 0.5) is 4.39 Å². The topological polar surface area (TPSA) is 12.0 Å². The van der Waals surface area contributed by atoms with Gasteiger partial charge in [-0.05, 0) is 59.7 Å². The van der Waals surface area contributed by atoms with Crippen LogP contribution in [0.15, 0.2) is 28.1 Å². The van der Waals surface area contributed by atoms with Crippen molar-refractivity contribution >= 4 is 38.9 Å². The van der Waals surface area contributed by atoms with Crippen LogP contribution in [-0.2, 0) is 0 Å². The Labute approximate surface area is 123 Å². The van der Waals surface area contributed by atoms with Gasteiger partial charge in [-0.25, -0.2) is 4.39 Å². The molecule has 0 bridgehead atoms. The Kier molecular flexibility index (Phi) is 4.43. The van der Waals surface area contributed by atoms with Crippen LogP contribution < -0.4 is 5.32 Å². The lowest BCUT2D eigenvalue weighted by atomic mass is 10.0. The minimum absolute atomic E-state index is 0.182. The number of thiophene rings is 1. The van der Waals surface area contributed by atoms with E-state index in [1.54, 1.807) is 23.5 Å². The lowest BCUT2D eigenvalue weighted by Gasteiger charge is -2.16. The van der Waals surface area contributed by atoms with Crippen molar-refractivity contribution in [1.82, 2.24) is 5.32 Å². The summed E-state index contributed by atoms with van der Waals surface area (Å²) in [7, 11) is 1.81. The molecule has 1 N–H and O–H groups in total. The maximum absolute atomic E-state index is 13.9. The quantitative estimate of drug-likeness (QED) is 0.830. The van der Waals surface area contributed by atoms with Gasteiger partial charge in [0.15, 0.2) is 0 Å². The molecule has 5 heteroatoms. The van der Waals surface area contributed by atoms with E-state index in [0.717, 1.165) is 14.2 Å². The Morgan fingerprint density at radius 3 is 2.67 bits per heavy atom. The summed E-state index contributed by atoms with van der Waals surface area (Å²) < 4.78 is 15.0. The summed E-state index contributed by atoms with van der Waals surface area (Å²) in [6.45, 7) is 2.02. The predicted octanol–water partition coefficient (Wildman–Crippen LogP) is 4.92. The second-order valence-corrected chi connectivity index (χ2v) is 6.83. The third-order valence-corrected chi connectivity index (χ3v) is 5.16. The molecule has 1 nitrogen and oxygen atoms in total. The third-order valence-electron chi connectivity index (χ3n) is 2.72. The first-order chi connectivity index (χ1) is 8.52. The standard InChI is InChI=1S/C13H12BrClFNS/c1-7-5-11(18-13(7)14)12(17-2)9-6-8(15)3-4-10(9)16/h3-6,12,17H,1-2H3. The lowest BCUT2D eigenvalue weighted by Crippen LogP contribution is -2.17. The van der Waals surface area contributed by atoms with Crippen LogP contribution >= 0.6 is 38.9 Å². The summed E-state index contributed by atoms with van der Waals surface area (Å²) in [5.74, 6) is -0.249. The molecule has 0 spiro atoms. The van der Waals surface area contributed by atoms with Crippen molar-refractivity contribution < 1.29 is 4.39 Å². The molecule has 0 saturated carbocycles. The molecule has 2 aromatic rings. The molecule has 0 saturated heterocycles. The zero-order chi connectivity index (χ0) is 13.3. The van der Waals surface area contributed by atoms with Gasteiger partial charge in [0.1, 0.15) is 5.82 Å². The molecule has 0 amide bonds. The van der Waals surface area contributed by atoms with Crippen LogP contribution in [0.5, 0.6) is 0 Å². The van der Waals surface area contributed by atoms with Gasteiger partial charge in [-0.3, -0.25) is 0 Å². The van der Waals surface area contributed by atoms with Crippen molar-refractivity contribution in [1.29, 1.82) is 0 Å². The van der Waals surface area contributed by atoms with E-state index >= 15 is 0 Å². The Bertz CT molecular complexity index is 551.